The molecule has 94 valence electrons. The normalized spacial score (nSPS) is 14.5. The zero-order valence-corrected chi connectivity index (χ0v) is 10.6. The number of nitrogens with zero attached hydrogens (tertiary/aromatic N) is 2. The molecule has 0 unspecified atom stereocenters. The van der Waals surface area contributed by atoms with Gasteiger partial charge in [0.25, 0.3) is 0 Å². The predicted molar refractivity (Wildman–Crippen MR) is 69.1 cm³/mol. The Bertz CT molecular complexity index is 534. The van der Waals surface area contributed by atoms with Gasteiger partial charge in [-0.05, 0) is 37.1 Å². The van der Waals surface area contributed by atoms with Gasteiger partial charge in [0.1, 0.15) is 0 Å². The molecule has 4 heteroatoms. The molecule has 1 aliphatic heterocycles. The number of rotatable bonds is 3. The number of aryl methyl sites for hydroxylation is 1. The minimum atomic E-state index is 0.714. The van der Waals surface area contributed by atoms with E-state index in [2.05, 4.69) is 22.2 Å². The van der Waals surface area contributed by atoms with Crippen LogP contribution in [-0.2, 0) is 19.4 Å². The summed E-state index contributed by atoms with van der Waals surface area (Å²) in [7, 11) is 0. The van der Waals surface area contributed by atoms with Crippen LogP contribution in [0.3, 0.4) is 0 Å². The number of furan rings is 1. The van der Waals surface area contributed by atoms with Gasteiger partial charge in [0, 0.05) is 12.2 Å². The number of hydrogen-bond donors (Lipinski definition) is 1. The average molecular weight is 243 g/mol. The van der Waals surface area contributed by atoms with E-state index in [9.17, 15) is 0 Å². The van der Waals surface area contributed by atoms with E-state index in [0.29, 0.717) is 5.82 Å². The maximum atomic E-state index is 5.40. The van der Waals surface area contributed by atoms with Crippen molar-refractivity contribution in [3.05, 3.63) is 35.3 Å². The summed E-state index contributed by atoms with van der Waals surface area (Å²) in [6.07, 6.45) is 4.81. The highest BCUT2D eigenvalue weighted by Crippen LogP contribution is 2.22. The maximum Gasteiger partial charge on any atom is 0.196 e. The van der Waals surface area contributed by atoms with Crippen molar-refractivity contribution in [1.82, 2.24) is 15.3 Å². The Balaban J connectivity index is 2.09. The van der Waals surface area contributed by atoms with E-state index in [0.717, 1.165) is 43.8 Å². The van der Waals surface area contributed by atoms with E-state index < -0.39 is 0 Å². The van der Waals surface area contributed by atoms with Crippen LogP contribution in [0.15, 0.2) is 22.8 Å². The first kappa shape index (κ1) is 11.4. The minimum Gasteiger partial charge on any atom is -0.461 e. The first-order valence-electron chi connectivity index (χ1n) is 6.51. The number of nitrogens with one attached hydrogen (secondary N) is 1. The molecule has 0 saturated heterocycles. The van der Waals surface area contributed by atoms with Crippen molar-refractivity contribution in [2.24, 2.45) is 0 Å². The van der Waals surface area contributed by atoms with Crippen LogP contribution in [0.4, 0.5) is 0 Å². The summed E-state index contributed by atoms with van der Waals surface area (Å²) in [4.78, 5) is 9.32. The highest BCUT2D eigenvalue weighted by Gasteiger charge is 2.18. The van der Waals surface area contributed by atoms with Crippen molar-refractivity contribution in [3.8, 4) is 11.6 Å². The van der Waals surface area contributed by atoms with E-state index >= 15 is 0 Å². The molecule has 0 atom stereocenters. The second-order valence-electron chi connectivity index (χ2n) is 4.57. The zero-order valence-electron chi connectivity index (χ0n) is 10.6. The van der Waals surface area contributed by atoms with Crippen LogP contribution in [0.25, 0.3) is 11.6 Å². The van der Waals surface area contributed by atoms with Gasteiger partial charge < -0.3 is 9.73 Å². The summed E-state index contributed by atoms with van der Waals surface area (Å²) < 4.78 is 5.40. The third kappa shape index (κ3) is 2.04. The highest BCUT2D eigenvalue weighted by molar-refractivity contribution is 5.48. The molecular formula is C14H17N3O. The SMILES string of the molecule is CCCc1nc(-c2ccco2)nc2c1CCNC2. The summed E-state index contributed by atoms with van der Waals surface area (Å²) in [5.74, 6) is 1.46. The predicted octanol–water partition coefficient (Wildman–Crippen LogP) is 2.33. The van der Waals surface area contributed by atoms with Crippen LogP contribution in [0.2, 0.25) is 0 Å². The van der Waals surface area contributed by atoms with Crippen LogP contribution >= 0.6 is 0 Å². The Kier molecular flexibility index (Phi) is 3.11. The van der Waals surface area contributed by atoms with Gasteiger partial charge in [0.2, 0.25) is 0 Å². The molecule has 18 heavy (non-hydrogen) atoms. The second kappa shape index (κ2) is 4.90. The van der Waals surface area contributed by atoms with E-state index in [4.69, 9.17) is 4.42 Å². The summed E-state index contributed by atoms with van der Waals surface area (Å²) in [5, 5.41) is 3.36. The molecule has 0 aliphatic carbocycles. The number of hydrogen-bond acceptors (Lipinski definition) is 4. The van der Waals surface area contributed by atoms with Crippen molar-refractivity contribution >= 4 is 0 Å². The van der Waals surface area contributed by atoms with E-state index in [1.807, 2.05) is 12.1 Å². The summed E-state index contributed by atoms with van der Waals surface area (Å²) >= 11 is 0. The van der Waals surface area contributed by atoms with Crippen molar-refractivity contribution in [3.63, 3.8) is 0 Å². The lowest BCUT2D eigenvalue weighted by molar-refractivity contribution is 0.570. The molecule has 0 spiro atoms. The first-order chi connectivity index (χ1) is 8.88. The van der Waals surface area contributed by atoms with Gasteiger partial charge >= 0.3 is 0 Å². The summed E-state index contributed by atoms with van der Waals surface area (Å²) in [6, 6.07) is 3.78. The lowest BCUT2D eigenvalue weighted by Crippen LogP contribution is -2.26. The van der Waals surface area contributed by atoms with Gasteiger partial charge in [-0.25, -0.2) is 9.97 Å². The van der Waals surface area contributed by atoms with E-state index in [1.54, 1.807) is 6.26 Å². The van der Waals surface area contributed by atoms with Gasteiger partial charge in [0.15, 0.2) is 11.6 Å². The molecule has 0 aromatic carbocycles. The highest BCUT2D eigenvalue weighted by atomic mass is 16.3. The molecule has 2 aromatic rings. The molecule has 2 aromatic heterocycles. The molecule has 3 rings (SSSR count). The smallest absolute Gasteiger partial charge is 0.196 e. The largest absolute Gasteiger partial charge is 0.461 e. The van der Waals surface area contributed by atoms with Crippen molar-refractivity contribution in [2.45, 2.75) is 32.7 Å². The molecule has 0 fully saturated rings. The minimum absolute atomic E-state index is 0.714. The second-order valence-corrected chi connectivity index (χ2v) is 4.57. The molecule has 0 radical (unpaired) electrons. The topological polar surface area (TPSA) is 51.0 Å². The molecule has 3 heterocycles. The Morgan fingerprint density at radius 1 is 1.39 bits per heavy atom. The zero-order chi connectivity index (χ0) is 12.4. The van der Waals surface area contributed by atoms with Crippen molar-refractivity contribution < 1.29 is 4.42 Å². The Morgan fingerprint density at radius 3 is 3.11 bits per heavy atom. The lowest BCUT2D eigenvalue weighted by atomic mass is 10.0. The standard InChI is InChI=1S/C14H17N3O/c1-2-4-11-10-6-7-15-9-12(10)17-14(16-11)13-5-3-8-18-13/h3,5,8,15H,2,4,6-7,9H2,1H3. The van der Waals surface area contributed by atoms with E-state index in [1.165, 1.54) is 11.3 Å². The number of aromatic nitrogens is 2. The van der Waals surface area contributed by atoms with Crippen LogP contribution in [-0.4, -0.2) is 16.5 Å². The molecule has 0 bridgehead atoms. The van der Waals surface area contributed by atoms with Crippen LogP contribution in [0, 0.1) is 0 Å². The Hall–Kier alpha value is -1.68. The lowest BCUT2D eigenvalue weighted by Gasteiger charge is -2.19. The van der Waals surface area contributed by atoms with Crippen LogP contribution in [0.1, 0.15) is 30.3 Å². The quantitative estimate of drug-likeness (QED) is 0.899. The van der Waals surface area contributed by atoms with Gasteiger partial charge in [-0.15, -0.1) is 0 Å². The van der Waals surface area contributed by atoms with Crippen LogP contribution in [0.5, 0.6) is 0 Å². The maximum absolute atomic E-state index is 5.40. The summed E-state index contributed by atoms with van der Waals surface area (Å²) in [6.45, 7) is 4.04. The number of fused-ring (bicyclic) bond motifs is 1. The fraction of sp³-hybridized carbons (Fsp3) is 0.429. The van der Waals surface area contributed by atoms with Gasteiger partial charge in [-0.1, -0.05) is 13.3 Å². The third-order valence-electron chi connectivity index (χ3n) is 3.25. The fourth-order valence-corrected chi connectivity index (χ4v) is 2.40. The summed E-state index contributed by atoms with van der Waals surface area (Å²) in [5.41, 5.74) is 3.66. The monoisotopic (exact) mass is 243 g/mol. The first-order valence-corrected chi connectivity index (χ1v) is 6.51. The Labute approximate surface area is 106 Å². The van der Waals surface area contributed by atoms with Gasteiger partial charge in [-0.2, -0.15) is 0 Å². The van der Waals surface area contributed by atoms with E-state index in [-0.39, 0.29) is 0 Å². The Morgan fingerprint density at radius 2 is 2.33 bits per heavy atom. The van der Waals surface area contributed by atoms with Gasteiger partial charge in [0.05, 0.1) is 12.0 Å². The molecule has 0 saturated carbocycles. The van der Waals surface area contributed by atoms with Gasteiger partial charge in [-0.3, -0.25) is 0 Å². The molecule has 1 N–H and O–H groups in total. The van der Waals surface area contributed by atoms with Crippen LogP contribution < -0.4 is 5.32 Å². The molecule has 1 aliphatic rings. The van der Waals surface area contributed by atoms with Crippen molar-refractivity contribution in [2.75, 3.05) is 6.54 Å². The average Bonchev–Trinajstić information content (AvgIpc) is 2.93. The molecule has 4 nitrogen and oxygen atoms in total. The fourth-order valence-electron chi connectivity index (χ4n) is 2.40. The third-order valence-corrected chi connectivity index (χ3v) is 3.25. The molecular weight excluding hydrogens is 226 g/mol. The molecule has 0 amide bonds. The van der Waals surface area contributed by atoms with Crippen molar-refractivity contribution in [1.29, 1.82) is 0 Å².